The molecule has 0 radical (unpaired) electrons. The molecule has 0 aliphatic carbocycles. The van der Waals surface area contributed by atoms with E-state index in [1.54, 1.807) is 19.1 Å². The molecule has 0 aromatic rings. The van der Waals surface area contributed by atoms with E-state index in [0.29, 0.717) is 25.7 Å². The summed E-state index contributed by atoms with van der Waals surface area (Å²) in [5.41, 5.74) is 2.62. The van der Waals surface area contributed by atoms with E-state index in [2.05, 4.69) is 32.9 Å². The Balaban J connectivity index is 2.73. The lowest BCUT2D eigenvalue weighted by Crippen LogP contribution is -2.27. The van der Waals surface area contributed by atoms with E-state index in [1.165, 1.54) is 6.08 Å². The van der Waals surface area contributed by atoms with Crippen molar-refractivity contribution in [3.63, 3.8) is 0 Å². The lowest BCUT2D eigenvalue weighted by Gasteiger charge is -2.24. The van der Waals surface area contributed by atoms with Crippen molar-refractivity contribution < 1.29 is 34.4 Å². The Labute approximate surface area is 247 Å². The number of cyclic esters (lactones) is 1. The number of esters is 2. The van der Waals surface area contributed by atoms with Gasteiger partial charge in [0.25, 0.3) is 0 Å². The summed E-state index contributed by atoms with van der Waals surface area (Å²) in [6.45, 7) is 13.4. The maximum atomic E-state index is 12.6. The van der Waals surface area contributed by atoms with Crippen LogP contribution < -0.4 is 0 Å². The van der Waals surface area contributed by atoms with E-state index in [-0.39, 0.29) is 36.4 Å². The van der Waals surface area contributed by atoms with Crippen LogP contribution in [0, 0.1) is 11.8 Å². The molecule has 0 saturated heterocycles. The molecule has 0 fully saturated rings. The van der Waals surface area contributed by atoms with Crippen molar-refractivity contribution in [3.05, 3.63) is 71.4 Å². The van der Waals surface area contributed by atoms with E-state index in [1.807, 2.05) is 45.1 Å². The molecule has 1 heterocycles. The van der Waals surface area contributed by atoms with Gasteiger partial charge in [-0.1, -0.05) is 86.1 Å². The summed E-state index contributed by atoms with van der Waals surface area (Å²) < 4.78 is 11.4. The van der Waals surface area contributed by atoms with Gasteiger partial charge in [0.15, 0.2) is 0 Å². The lowest BCUT2D eigenvalue weighted by molar-refractivity contribution is -0.151. The second kappa shape index (κ2) is 19.4. The van der Waals surface area contributed by atoms with Crippen LogP contribution in [0.1, 0.15) is 87.0 Å². The first-order valence-electron chi connectivity index (χ1n) is 14.8. The zero-order valence-electron chi connectivity index (χ0n) is 26.0. The van der Waals surface area contributed by atoms with Crippen LogP contribution in [-0.2, 0) is 19.1 Å². The summed E-state index contributed by atoms with van der Waals surface area (Å²) in [5, 5.41) is 29.3. The number of hydrogen-bond acceptors (Lipinski definition) is 7. The van der Waals surface area contributed by atoms with E-state index >= 15 is 0 Å². The number of carbonyl (C=O) groups is 2. The van der Waals surface area contributed by atoms with Gasteiger partial charge in [0.1, 0.15) is 12.2 Å². The van der Waals surface area contributed by atoms with Crippen LogP contribution in [0.3, 0.4) is 0 Å². The maximum absolute atomic E-state index is 12.6. The molecule has 1 aliphatic heterocycles. The van der Waals surface area contributed by atoms with Crippen LogP contribution in [0.5, 0.6) is 0 Å². The number of hydrogen-bond donors (Lipinski definition) is 3. The van der Waals surface area contributed by atoms with Crippen molar-refractivity contribution >= 4 is 11.9 Å². The van der Waals surface area contributed by atoms with E-state index in [4.69, 9.17) is 9.47 Å². The zero-order valence-corrected chi connectivity index (χ0v) is 26.0. The lowest BCUT2D eigenvalue weighted by atomic mass is 9.94. The van der Waals surface area contributed by atoms with Crippen molar-refractivity contribution in [1.82, 2.24) is 0 Å². The van der Waals surface area contributed by atoms with Gasteiger partial charge in [-0.2, -0.15) is 0 Å². The van der Waals surface area contributed by atoms with Crippen molar-refractivity contribution in [2.75, 3.05) is 0 Å². The first kappa shape index (κ1) is 36.3. The fourth-order valence-corrected chi connectivity index (χ4v) is 4.40. The number of allylic oxidation sites excluding steroid dienone is 9. The molecule has 0 bridgehead atoms. The minimum absolute atomic E-state index is 0.102. The van der Waals surface area contributed by atoms with Crippen molar-refractivity contribution in [3.8, 4) is 0 Å². The quantitative estimate of drug-likeness (QED) is 0.119. The Morgan fingerprint density at radius 3 is 2.37 bits per heavy atom. The number of ether oxygens (including phenoxy) is 2. The maximum Gasteiger partial charge on any atom is 0.331 e. The van der Waals surface area contributed by atoms with Gasteiger partial charge in [-0.25, -0.2) is 4.79 Å². The summed E-state index contributed by atoms with van der Waals surface area (Å²) in [7, 11) is 0. The van der Waals surface area contributed by atoms with Gasteiger partial charge < -0.3 is 24.8 Å². The minimum atomic E-state index is -1.05. The fourth-order valence-electron chi connectivity index (χ4n) is 4.40. The molecule has 6 atom stereocenters. The topological polar surface area (TPSA) is 113 Å². The van der Waals surface area contributed by atoms with E-state index < -0.39 is 24.3 Å². The molecule has 1 unspecified atom stereocenters. The Morgan fingerprint density at radius 2 is 1.71 bits per heavy atom. The van der Waals surface area contributed by atoms with E-state index in [9.17, 15) is 24.9 Å². The number of aliphatic hydroxyl groups is 3. The van der Waals surface area contributed by atoms with Gasteiger partial charge in [0.05, 0.1) is 18.3 Å². The highest BCUT2D eigenvalue weighted by Crippen LogP contribution is 2.22. The molecule has 7 nitrogen and oxygen atoms in total. The Kier molecular flexibility index (Phi) is 17.2. The van der Waals surface area contributed by atoms with Crippen LogP contribution in [0.25, 0.3) is 0 Å². The minimum Gasteiger partial charge on any atom is -0.462 e. The Morgan fingerprint density at radius 1 is 1.02 bits per heavy atom. The standard InChI is InChI=1S/C34H52O7/c1-23(2)31-15-9-8-14-27(6)32(16-11-17-33(38)40-31)41-34(39)19-18-26(5)20-24(3)12-10-13-25(4)21-29(36)30(37)22-28(7)35/h8-10,12-13,18-21,23,27-32,35-37H,11,14-17,22H2,1-7H3/b9-8+,13-10+,19-18+,24-12+,25-21+,26-20+/t27-,28-,29-,30-,31+,32?/m0/s1. The third kappa shape index (κ3) is 16.3. The van der Waals surface area contributed by atoms with Gasteiger partial charge in [0.2, 0.25) is 0 Å². The average Bonchev–Trinajstić information content (AvgIpc) is 2.87. The highest BCUT2D eigenvalue weighted by molar-refractivity contribution is 5.82. The summed E-state index contributed by atoms with van der Waals surface area (Å²) in [4.78, 5) is 24.9. The molecule has 0 spiro atoms. The van der Waals surface area contributed by atoms with Crippen molar-refractivity contribution in [2.45, 2.75) is 118 Å². The summed E-state index contributed by atoms with van der Waals surface area (Å²) in [5.74, 6) is -0.228. The molecular weight excluding hydrogens is 520 g/mol. The van der Waals surface area contributed by atoms with Gasteiger partial charge in [0, 0.05) is 25.3 Å². The van der Waals surface area contributed by atoms with E-state index in [0.717, 1.165) is 23.1 Å². The Bertz CT molecular complexity index is 997. The highest BCUT2D eigenvalue weighted by atomic mass is 16.5. The Hall–Kier alpha value is -2.74. The monoisotopic (exact) mass is 572 g/mol. The van der Waals surface area contributed by atoms with Crippen LogP contribution in [0.15, 0.2) is 71.4 Å². The molecule has 0 aromatic heterocycles. The van der Waals surface area contributed by atoms with Crippen molar-refractivity contribution in [1.29, 1.82) is 0 Å². The van der Waals surface area contributed by atoms with Gasteiger partial charge in [-0.15, -0.1) is 0 Å². The summed E-state index contributed by atoms with van der Waals surface area (Å²) >= 11 is 0. The summed E-state index contributed by atoms with van der Waals surface area (Å²) in [6.07, 6.45) is 16.3. The smallest absolute Gasteiger partial charge is 0.331 e. The molecular formula is C34H52O7. The van der Waals surface area contributed by atoms with Crippen LogP contribution in [0.4, 0.5) is 0 Å². The molecule has 0 saturated carbocycles. The SMILES string of the molecule is CC(=C\C=C\C(C)=C\[C@H](O)[C@@H](O)C[C@H](C)O)/C=C(C)/C=C/C(=O)OC1CCCC(=O)O[C@@H](C(C)C)C/C=C/C[C@@H]1C. The van der Waals surface area contributed by atoms with Gasteiger partial charge >= 0.3 is 11.9 Å². The first-order chi connectivity index (χ1) is 19.3. The van der Waals surface area contributed by atoms with Crippen LogP contribution in [-0.4, -0.2) is 57.8 Å². The third-order valence-electron chi connectivity index (χ3n) is 6.91. The number of rotatable bonds is 11. The highest BCUT2D eigenvalue weighted by Gasteiger charge is 2.23. The predicted octanol–water partition coefficient (Wildman–Crippen LogP) is 6.07. The number of aliphatic hydroxyl groups excluding tert-OH is 3. The molecule has 7 heteroatoms. The predicted molar refractivity (Wildman–Crippen MR) is 164 cm³/mol. The average molecular weight is 573 g/mol. The van der Waals surface area contributed by atoms with Crippen molar-refractivity contribution in [2.24, 2.45) is 11.8 Å². The molecule has 230 valence electrons. The molecule has 1 aliphatic rings. The second-order valence-electron chi connectivity index (χ2n) is 11.6. The summed E-state index contributed by atoms with van der Waals surface area (Å²) in [6, 6.07) is 0. The molecule has 3 N–H and O–H groups in total. The van der Waals surface area contributed by atoms with Crippen LogP contribution >= 0.6 is 0 Å². The normalized spacial score (nSPS) is 25.4. The molecule has 0 aromatic carbocycles. The molecule has 0 amide bonds. The van der Waals surface area contributed by atoms with Gasteiger partial charge in [-0.05, 0) is 58.8 Å². The van der Waals surface area contributed by atoms with Crippen LogP contribution in [0.2, 0.25) is 0 Å². The zero-order chi connectivity index (χ0) is 30.9. The molecule has 41 heavy (non-hydrogen) atoms. The number of carbonyl (C=O) groups excluding carboxylic acids is 2. The largest absolute Gasteiger partial charge is 0.462 e. The van der Waals surface area contributed by atoms with Gasteiger partial charge in [-0.3, -0.25) is 4.79 Å². The third-order valence-corrected chi connectivity index (χ3v) is 6.91. The molecule has 1 rings (SSSR count). The second-order valence-corrected chi connectivity index (χ2v) is 11.6. The first-order valence-corrected chi connectivity index (χ1v) is 14.8. The fraction of sp³-hybridized carbons (Fsp3) is 0.588.